The highest BCUT2D eigenvalue weighted by Gasteiger charge is 2.18. The Morgan fingerprint density at radius 1 is 1.00 bits per heavy atom. The molecule has 1 amide bonds. The summed E-state index contributed by atoms with van der Waals surface area (Å²) in [7, 11) is 1.18. The normalized spacial score (nSPS) is 10.9. The smallest absolute Gasteiger partial charge is 0.354 e. The van der Waals surface area contributed by atoms with Gasteiger partial charge in [-0.2, -0.15) is 5.10 Å². The third-order valence-corrected chi connectivity index (χ3v) is 3.59. The number of carbonyl (C=O) groups is 3. The van der Waals surface area contributed by atoms with Gasteiger partial charge in [-0.15, -0.1) is 0 Å². The van der Waals surface area contributed by atoms with Crippen LogP contribution in [0.1, 0.15) is 32.7 Å². The molecule has 0 aliphatic heterocycles. The minimum Gasteiger partial charge on any atom is -0.464 e. The molecule has 134 valence electrons. The van der Waals surface area contributed by atoms with E-state index in [1.807, 2.05) is 6.92 Å². The van der Waals surface area contributed by atoms with E-state index in [1.54, 1.807) is 36.4 Å². The molecule has 0 bridgehead atoms. The third-order valence-electron chi connectivity index (χ3n) is 3.59. The topological polar surface area (TPSA) is 111 Å². The van der Waals surface area contributed by atoms with Gasteiger partial charge in [0, 0.05) is 16.8 Å². The second-order valence-electron chi connectivity index (χ2n) is 5.58. The first kappa shape index (κ1) is 18.9. The number of anilines is 1. The average Bonchev–Trinajstić information content (AvgIpc) is 2.65. The van der Waals surface area contributed by atoms with Gasteiger partial charge >= 0.3 is 5.97 Å². The van der Waals surface area contributed by atoms with Crippen LogP contribution in [0, 0.1) is 6.92 Å². The number of ketones is 1. The number of carbonyl (C=O) groups excluding carboxylic acids is 3. The van der Waals surface area contributed by atoms with Gasteiger partial charge in [-0.1, -0.05) is 29.8 Å². The zero-order chi connectivity index (χ0) is 19.1. The van der Waals surface area contributed by atoms with Crippen LogP contribution in [0.3, 0.4) is 0 Å². The van der Waals surface area contributed by atoms with Gasteiger partial charge in [-0.25, -0.2) is 10.2 Å². The predicted octanol–water partition coefficient (Wildman–Crippen LogP) is 2.11. The van der Waals surface area contributed by atoms with Crippen LogP contribution in [-0.4, -0.2) is 30.5 Å². The van der Waals surface area contributed by atoms with Gasteiger partial charge in [-0.05, 0) is 31.2 Å². The summed E-state index contributed by atoms with van der Waals surface area (Å²) in [6.45, 7) is 1.91. The molecule has 3 N–H and O–H groups in total. The van der Waals surface area contributed by atoms with Gasteiger partial charge in [-0.3, -0.25) is 9.59 Å². The fraction of sp³-hybridized carbons (Fsp3) is 0.158. The van der Waals surface area contributed by atoms with E-state index in [9.17, 15) is 14.4 Å². The lowest BCUT2D eigenvalue weighted by atomic mass is 10.0. The lowest BCUT2D eigenvalue weighted by Gasteiger charge is -2.06. The maximum atomic E-state index is 12.3. The lowest BCUT2D eigenvalue weighted by Crippen LogP contribution is -2.26. The Hall–Kier alpha value is -3.48. The van der Waals surface area contributed by atoms with E-state index >= 15 is 0 Å². The molecule has 0 saturated heterocycles. The number of hydrogen-bond donors (Lipinski definition) is 2. The number of benzene rings is 2. The predicted molar refractivity (Wildman–Crippen MR) is 97.9 cm³/mol. The number of nitrogens with one attached hydrogen (secondary N) is 1. The number of ether oxygens (including phenoxy) is 1. The molecule has 2 aromatic rings. The molecule has 0 aromatic heterocycles. The number of nitrogens with zero attached hydrogens (tertiary/aromatic N) is 1. The molecule has 0 aliphatic rings. The third kappa shape index (κ3) is 5.01. The molecule has 0 heterocycles. The average molecular weight is 353 g/mol. The van der Waals surface area contributed by atoms with Crippen molar-refractivity contribution in [1.29, 1.82) is 0 Å². The molecule has 0 unspecified atom stereocenters. The summed E-state index contributed by atoms with van der Waals surface area (Å²) in [4.78, 5) is 36.2. The minimum atomic E-state index is -0.789. The van der Waals surface area contributed by atoms with Gasteiger partial charge in [0.05, 0.1) is 13.5 Å². The molecular formula is C19H19N3O4. The van der Waals surface area contributed by atoms with Gasteiger partial charge in [0.25, 0.3) is 5.91 Å². The number of nitrogen functional groups attached to an aromatic ring is 1. The Bertz CT molecular complexity index is 840. The summed E-state index contributed by atoms with van der Waals surface area (Å²) in [5, 5.41) is 3.77. The van der Waals surface area contributed by atoms with Crippen molar-refractivity contribution in [3.05, 3.63) is 65.2 Å². The van der Waals surface area contributed by atoms with Gasteiger partial charge < -0.3 is 10.5 Å². The lowest BCUT2D eigenvalue weighted by molar-refractivity contribution is -0.132. The number of esters is 1. The van der Waals surface area contributed by atoms with Crippen molar-refractivity contribution in [2.75, 3.05) is 12.8 Å². The Labute approximate surface area is 150 Å². The molecule has 0 atom stereocenters. The summed E-state index contributed by atoms with van der Waals surface area (Å²) < 4.78 is 4.63. The standard InChI is InChI=1S/C19H19N3O4/c1-12-3-5-13(6-4-12)17(23)11-16(19(25)26-2)21-22-18(24)14-7-9-15(20)10-8-14/h3-10H,11,20H2,1-2H3,(H,22,24)/b21-16+. The minimum absolute atomic E-state index is 0.193. The molecule has 0 radical (unpaired) electrons. The summed E-state index contributed by atoms with van der Waals surface area (Å²) in [6, 6.07) is 13.1. The van der Waals surface area contributed by atoms with E-state index < -0.39 is 11.9 Å². The van der Waals surface area contributed by atoms with E-state index in [4.69, 9.17) is 5.73 Å². The van der Waals surface area contributed by atoms with Crippen LogP contribution in [0.15, 0.2) is 53.6 Å². The Morgan fingerprint density at radius 3 is 2.15 bits per heavy atom. The summed E-state index contributed by atoms with van der Waals surface area (Å²) in [6.07, 6.45) is -0.294. The number of aryl methyl sites for hydroxylation is 1. The SMILES string of the molecule is COC(=O)/C(CC(=O)c1ccc(C)cc1)=N/NC(=O)c1ccc(N)cc1. The number of hydrogen-bond acceptors (Lipinski definition) is 6. The summed E-state index contributed by atoms with van der Waals surface area (Å²) in [5.41, 5.74) is 9.92. The number of methoxy groups -OCH3 is 1. The van der Waals surface area contributed by atoms with Gasteiger partial charge in [0.2, 0.25) is 0 Å². The molecule has 0 aliphatic carbocycles. The number of rotatable bonds is 6. The maximum Gasteiger partial charge on any atom is 0.354 e. The molecule has 26 heavy (non-hydrogen) atoms. The van der Waals surface area contributed by atoms with Crippen LogP contribution in [0.25, 0.3) is 0 Å². The molecular weight excluding hydrogens is 334 g/mol. The quantitative estimate of drug-likeness (QED) is 0.272. The highest BCUT2D eigenvalue weighted by Crippen LogP contribution is 2.08. The number of hydrazone groups is 1. The number of nitrogens with two attached hydrogens (primary N) is 1. The maximum absolute atomic E-state index is 12.3. The summed E-state index contributed by atoms with van der Waals surface area (Å²) >= 11 is 0. The molecule has 2 aromatic carbocycles. The van der Waals surface area contributed by atoms with Gasteiger partial charge in [0.1, 0.15) is 0 Å². The number of Topliss-reactive ketones (excluding diaryl/α,β-unsaturated/α-hetero) is 1. The van der Waals surface area contributed by atoms with Crippen molar-refractivity contribution >= 4 is 29.1 Å². The van der Waals surface area contributed by atoms with Crippen molar-refractivity contribution in [1.82, 2.24) is 5.43 Å². The van der Waals surface area contributed by atoms with Crippen molar-refractivity contribution in [3.8, 4) is 0 Å². The van der Waals surface area contributed by atoms with E-state index in [1.165, 1.54) is 19.2 Å². The molecule has 7 nitrogen and oxygen atoms in total. The van der Waals surface area contributed by atoms with Crippen molar-refractivity contribution < 1.29 is 19.1 Å². The fourth-order valence-electron chi connectivity index (χ4n) is 2.09. The van der Waals surface area contributed by atoms with Crippen LogP contribution in [0.2, 0.25) is 0 Å². The van der Waals surface area contributed by atoms with Crippen LogP contribution < -0.4 is 11.2 Å². The first-order valence-corrected chi connectivity index (χ1v) is 7.81. The van der Waals surface area contributed by atoms with Crippen LogP contribution in [-0.2, 0) is 9.53 Å². The first-order chi connectivity index (χ1) is 12.4. The highest BCUT2D eigenvalue weighted by molar-refractivity contribution is 6.40. The number of amides is 1. The Morgan fingerprint density at radius 2 is 1.58 bits per heavy atom. The van der Waals surface area contributed by atoms with Crippen molar-refractivity contribution in [3.63, 3.8) is 0 Å². The largest absolute Gasteiger partial charge is 0.464 e. The second-order valence-corrected chi connectivity index (χ2v) is 5.58. The summed E-state index contributed by atoms with van der Waals surface area (Å²) in [5.74, 6) is -1.63. The zero-order valence-electron chi connectivity index (χ0n) is 14.5. The van der Waals surface area contributed by atoms with Crippen molar-refractivity contribution in [2.24, 2.45) is 5.10 Å². The van der Waals surface area contributed by atoms with E-state index in [0.29, 0.717) is 16.8 Å². The molecule has 7 heteroatoms. The molecule has 2 rings (SSSR count). The van der Waals surface area contributed by atoms with Gasteiger partial charge in [0.15, 0.2) is 11.5 Å². The van der Waals surface area contributed by atoms with Crippen LogP contribution >= 0.6 is 0 Å². The van der Waals surface area contributed by atoms with Crippen molar-refractivity contribution in [2.45, 2.75) is 13.3 Å². The highest BCUT2D eigenvalue weighted by atomic mass is 16.5. The monoisotopic (exact) mass is 353 g/mol. The van der Waals surface area contributed by atoms with E-state index in [0.717, 1.165) is 5.56 Å². The Balaban J connectivity index is 2.13. The van der Waals surface area contributed by atoms with E-state index in [-0.39, 0.29) is 17.9 Å². The first-order valence-electron chi connectivity index (χ1n) is 7.81. The molecule has 0 fully saturated rings. The molecule has 0 saturated carbocycles. The fourth-order valence-corrected chi connectivity index (χ4v) is 2.09. The van der Waals surface area contributed by atoms with E-state index in [2.05, 4.69) is 15.3 Å². The van der Waals surface area contributed by atoms with Crippen LogP contribution in [0.5, 0.6) is 0 Å². The van der Waals surface area contributed by atoms with Crippen LogP contribution in [0.4, 0.5) is 5.69 Å². The molecule has 0 spiro atoms. The second kappa shape index (κ2) is 8.57. The zero-order valence-corrected chi connectivity index (χ0v) is 14.5. The Kier molecular flexibility index (Phi) is 6.21.